The van der Waals surface area contributed by atoms with E-state index in [0.29, 0.717) is 18.7 Å². The van der Waals surface area contributed by atoms with Gasteiger partial charge in [0.05, 0.1) is 0 Å². The number of hydrogen-bond acceptors (Lipinski definition) is 3. The van der Waals surface area contributed by atoms with E-state index in [-0.39, 0.29) is 17.9 Å². The highest BCUT2D eigenvalue weighted by Gasteiger charge is 2.26. The van der Waals surface area contributed by atoms with Gasteiger partial charge in [0.25, 0.3) is 0 Å². The quantitative estimate of drug-likeness (QED) is 0.523. The molecule has 0 aliphatic rings. The van der Waals surface area contributed by atoms with Crippen LogP contribution >= 0.6 is 11.8 Å². The molecule has 2 aromatic carbocycles. The van der Waals surface area contributed by atoms with Crippen LogP contribution < -0.4 is 5.32 Å². The molecule has 2 rings (SSSR count). The van der Waals surface area contributed by atoms with Gasteiger partial charge in [0.1, 0.15) is 6.04 Å². The van der Waals surface area contributed by atoms with E-state index in [1.807, 2.05) is 39.0 Å². The van der Waals surface area contributed by atoms with Gasteiger partial charge in [0, 0.05) is 29.7 Å². The molecule has 4 nitrogen and oxygen atoms in total. The average molecular weight is 427 g/mol. The first-order valence-corrected chi connectivity index (χ1v) is 11.7. The Bertz CT molecular complexity index is 793. The van der Waals surface area contributed by atoms with Crippen LogP contribution in [0.15, 0.2) is 59.5 Å². The second kappa shape index (κ2) is 12.4. The van der Waals surface area contributed by atoms with Gasteiger partial charge in [-0.15, -0.1) is 11.8 Å². The van der Waals surface area contributed by atoms with Crippen LogP contribution in [0.25, 0.3) is 0 Å². The fourth-order valence-corrected chi connectivity index (χ4v) is 3.91. The van der Waals surface area contributed by atoms with Crippen molar-refractivity contribution in [2.75, 3.05) is 12.3 Å². The van der Waals surface area contributed by atoms with E-state index in [0.717, 1.165) is 17.7 Å². The minimum Gasteiger partial charge on any atom is -0.352 e. The zero-order valence-corrected chi connectivity index (χ0v) is 19.4. The molecule has 0 unspecified atom stereocenters. The number of thioether (sulfide) groups is 1. The monoisotopic (exact) mass is 426 g/mol. The molecule has 30 heavy (non-hydrogen) atoms. The van der Waals surface area contributed by atoms with Gasteiger partial charge in [-0.05, 0) is 51.3 Å². The second-order valence-electron chi connectivity index (χ2n) is 7.73. The summed E-state index contributed by atoms with van der Waals surface area (Å²) in [6, 6.07) is 18.0. The van der Waals surface area contributed by atoms with Gasteiger partial charge < -0.3 is 10.2 Å². The molecule has 0 radical (unpaired) electrons. The molecule has 1 N–H and O–H groups in total. The number of carbonyl (C=O) groups excluding carboxylic acids is 2. The smallest absolute Gasteiger partial charge is 0.242 e. The van der Waals surface area contributed by atoms with E-state index in [2.05, 4.69) is 48.6 Å². The molecular formula is C25H34N2O2S. The Morgan fingerprint density at radius 1 is 1.03 bits per heavy atom. The summed E-state index contributed by atoms with van der Waals surface area (Å²) in [5.74, 6) is 0.637. The molecule has 0 heterocycles. The van der Waals surface area contributed by atoms with Crippen molar-refractivity contribution in [3.63, 3.8) is 0 Å². The van der Waals surface area contributed by atoms with Gasteiger partial charge in [-0.2, -0.15) is 0 Å². The fraction of sp³-hybridized carbons (Fsp3) is 0.440. The first-order chi connectivity index (χ1) is 14.4. The molecule has 0 spiro atoms. The minimum absolute atomic E-state index is 0.0253. The highest BCUT2D eigenvalue weighted by molar-refractivity contribution is 7.99. The topological polar surface area (TPSA) is 49.4 Å². The summed E-state index contributed by atoms with van der Waals surface area (Å²) in [6.07, 6.45) is 2.01. The lowest BCUT2D eigenvalue weighted by molar-refractivity contribution is -0.139. The standard InChI is InChI=1S/C25H34N2O2S/c1-5-20(3)26-25(29)21(4)27(17-15-22-9-7-6-8-10-22)24(28)16-18-30-23-13-11-19(2)12-14-23/h6-14,20-21H,5,15-18H2,1-4H3,(H,26,29)/t20-,21+/m0/s1. The van der Waals surface area contributed by atoms with Crippen molar-refractivity contribution < 1.29 is 9.59 Å². The third kappa shape index (κ3) is 7.86. The molecule has 2 amide bonds. The minimum atomic E-state index is -0.486. The summed E-state index contributed by atoms with van der Waals surface area (Å²) in [5, 5.41) is 3.01. The van der Waals surface area contributed by atoms with Crippen LogP contribution in [-0.4, -0.2) is 41.1 Å². The van der Waals surface area contributed by atoms with E-state index in [9.17, 15) is 9.59 Å². The fourth-order valence-electron chi connectivity index (χ4n) is 3.07. The summed E-state index contributed by atoms with van der Waals surface area (Å²) in [5.41, 5.74) is 2.39. The van der Waals surface area contributed by atoms with Crippen molar-refractivity contribution in [1.29, 1.82) is 0 Å². The van der Waals surface area contributed by atoms with Gasteiger partial charge in [-0.25, -0.2) is 0 Å². The lowest BCUT2D eigenvalue weighted by Crippen LogP contribution is -2.50. The van der Waals surface area contributed by atoms with E-state index >= 15 is 0 Å². The Kier molecular flexibility index (Phi) is 9.95. The van der Waals surface area contributed by atoms with Crippen molar-refractivity contribution in [1.82, 2.24) is 10.2 Å². The highest BCUT2D eigenvalue weighted by Crippen LogP contribution is 2.20. The summed E-state index contributed by atoms with van der Waals surface area (Å²) in [4.78, 5) is 28.6. The average Bonchev–Trinajstić information content (AvgIpc) is 2.75. The molecule has 5 heteroatoms. The molecule has 0 aliphatic heterocycles. The normalized spacial score (nSPS) is 12.8. The number of nitrogens with one attached hydrogen (secondary N) is 1. The lowest BCUT2D eigenvalue weighted by atomic mass is 10.1. The maximum Gasteiger partial charge on any atom is 0.242 e. The first kappa shape index (κ1) is 24.0. The SMILES string of the molecule is CC[C@H](C)NC(=O)[C@@H](C)N(CCc1ccccc1)C(=O)CCSc1ccc(C)cc1. The van der Waals surface area contributed by atoms with Crippen LogP contribution in [0.4, 0.5) is 0 Å². The van der Waals surface area contributed by atoms with Crippen molar-refractivity contribution in [3.8, 4) is 0 Å². The van der Waals surface area contributed by atoms with Crippen molar-refractivity contribution in [2.24, 2.45) is 0 Å². The molecular weight excluding hydrogens is 392 g/mol. The van der Waals surface area contributed by atoms with Crippen molar-refractivity contribution in [3.05, 3.63) is 65.7 Å². The van der Waals surface area contributed by atoms with E-state index in [1.54, 1.807) is 16.7 Å². The van der Waals surface area contributed by atoms with E-state index in [1.165, 1.54) is 11.1 Å². The van der Waals surface area contributed by atoms with Gasteiger partial charge >= 0.3 is 0 Å². The second-order valence-corrected chi connectivity index (χ2v) is 8.90. The van der Waals surface area contributed by atoms with Crippen LogP contribution in [0, 0.1) is 6.92 Å². The molecule has 2 aromatic rings. The summed E-state index contributed by atoms with van der Waals surface area (Å²) in [6.45, 7) is 8.45. The molecule has 0 aromatic heterocycles. The molecule has 0 saturated heterocycles. The number of benzene rings is 2. The molecule has 0 aliphatic carbocycles. The Hall–Kier alpha value is -2.27. The largest absolute Gasteiger partial charge is 0.352 e. The van der Waals surface area contributed by atoms with Crippen molar-refractivity contribution >= 4 is 23.6 Å². The van der Waals surface area contributed by atoms with Crippen LogP contribution in [0.5, 0.6) is 0 Å². The Balaban J connectivity index is 1.99. The Morgan fingerprint density at radius 2 is 1.70 bits per heavy atom. The molecule has 0 saturated carbocycles. The number of nitrogens with zero attached hydrogens (tertiary/aromatic N) is 1. The Labute approximate surface area is 185 Å². The van der Waals surface area contributed by atoms with E-state index < -0.39 is 6.04 Å². The predicted octanol–water partition coefficient (Wildman–Crippen LogP) is 4.85. The molecule has 162 valence electrons. The van der Waals surface area contributed by atoms with Crippen LogP contribution in [0.3, 0.4) is 0 Å². The maximum atomic E-state index is 13.0. The molecule has 2 atom stereocenters. The summed E-state index contributed by atoms with van der Waals surface area (Å²) in [7, 11) is 0. The zero-order valence-electron chi connectivity index (χ0n) is 18.6. The van der Waals surface area contributed by atoms with Gasteiger partial charge in [0.15, 0.2) is 0 Å². The van der Waals surface area contributed by atoms with Gasteiger partial charge in [-0.1, -0.05) is 55.0 Å². The van der Waals surface area contributed by atoms with Gasteiger partial charge in [0.2, 0.25) is 11.8 Å². The summed E-state index contributed by atoms with van der Waals surface area (Å²) >= 11 is 1.68. The predicted molar refractivity (Wildman–Crippen MR) is 126 cm³/mol. The third-order valence-corrected chi connectivity index (χ3v) is 6.27. The van der Waals surface area contributed by atoms with Crippen LogP contribution in [0.1, 0.15) is 44.7 Å². The third-order valence-electron chi connectivity index (χ3n) is 5.26. The lowest BCUT2D eigenvalue weighted by Gasteiger charge is -2.29. The molecule has 0 bridgehead atoms. The van der Waals surface area contributed by atoms with E-state index in [4.69, 9.17) is 0 Å². The van der Waals surface area contributed by atoms with Crippen molar-refractivity contribution in [2.45, 2.75) is 63.9 Å². The Morgan fingerprint density at radius 3 is 2.33 bits per heavy atom. The maximum absolute atomic E-state index is 13.0. The first-order valence-electron chi connectivity index (χ1n) is 10.7. The zero-order chi connectivity index (χ0) is 21.9. The number of aryl methyl sites for hydroxylation is 1. The number of rotatable bonds is 11. The molecule has 0 fully saturated rings. The number of hydrogen-bond donors (Lipinski definition) is 1. The number of carbonyl (C=O) groups is 2. The highest BCUT2D eigenvalue weighted by atomic mass is 32.2. The van der Waals surface area contributed by atoms with Gasteiger partial charge in [-0.3, -0.25) is 9.59 Å². The summed E-state index contributed by atoms with van der Waals surface area (Å²) < 4.78 is 0. The van der Waals surface area contributed by atoms with Crippen LogP contribution in [-0.2, 0) is 16.0 Å². The number of amides is 2. The van der Waals surface area contributed by atoms with Crippen LogP contribution in [0.2, 0.25) is 0 Å².